The summed E-state index contributed by atoms with van der Waals surface area (Å²) in [5.41, 5.74) is 0. The molecule has 0 aliphatic carbocycles. The van der Waals surface area contributed by atoms with Gasteiger partial charge in [0.2, 0.25) is 0 Å². The molecule has 17 heavy (non-hydrogen) atoms. The van der Waals surface area contributed by atoms with E-state index in [1.165, 1.54) is 0 Å². The molecule has 0 amide bonds. The maximum atomic E-state index is 11.1. The molecule has 0 spiro atoms. The summed E-state index contributed by atoms with van der Waals surface area (Å²) in [5.74, 6) is -1.83. The minimum Gasteiger partial charge on any atom is -0.455 e. The summed E-state index contributed by atoms with van der Waals surface area (Å²) in [6, 6.07) is 0. The first-order chi connectivity index (χ1) is 7.85. The van der Waals surface area contributed by atoms with Crippen LogP contribution in [0.2, 0.25) is 0 Å². The second-order valence-electron chi connectivity index (χ2n) is 4.66. The highest BCUT2D eigenvalue weighted by Crippen LogP contribution is 2.34. The topological polar surface area (TPSA) is 105 Å². The Morgan fingerprint density at radius 2 is 1.88 bits per heavy atom. The lowest BCUT2D eigenvalue weighted by atomic mass is 10.0. The standard InChI is InChI=1S/C10H16O7/c1-10(2)16-4(3-11)7(17-10)8-5(12)6(13)9(14)15-8/h4-8,11-13H,3H2,1-2H3/t4-,5+,6+,7+,8+/m1/s1. The van der Waals surface area contributed by atoms with Crippen molar-refractivity contribution in [3.8, 4) is 0 Å². The summed E-state index contributed by atoms with van der Waals surface area (Å²) in [6.07, 6.45) is -5.49. The number of cyclic esters (lactones) is 1. The molecule has 0 radical (unpaired) electrons. The van der Waals surface area contributed by atoms with Crippen LogP contribution in [-0.4, -0.2) is 64.2 Å². The second-order valence-corrected chi connectivity index (χ2v) is 4.66. The van der Waals surface area contributed by atoms with Crippen LogP contribution in [0.5, 0.6) is 0 Å². The first-order valence-electron chi connectivity index (χ1n) is 5.39. The number of hydrogen-bond donors (Lipinski definition) is 3. The van der Waals surface area contributed by atoms with Crippen LogP contribution in [0.25, 0.3) is 0 Å². The number of carbonyl (C=O) groups excluding carboxylic acids is 1. The zero-order valence-electron chi connectivity index (χ0n) is 9.57. The summed E-state index contributed by atoms with van der Waals surface area (Å²) >= 11 is 0. The zero-order valence-corrected chi connectivity index (χ0v) is 9.57. The van der Waals surface area contributed by atoms with E-state index in [1.54, 1.807) is 13.8 Å². The Bertz CT molecular complexity index is 316. The maximum Gasteiger partial charge on any atom is 0.338 e. The first-order valence-corrected chi connectivity index (χ1v) is 5.39. The van der Waals surface area contributed by atoms with E-state index in [0.29, 0.717) is 0 Å². The van der Waals surface area contributed by atoms with E-state index in [2.05, 4.69) is 0 Å². The van der Waals surface area contributed by atoms with Crippen molar-refractivity contribution in [1.82, 2.24) is 0 Å². The van der Waals surface area contributed by atoms with Gasteiger partial charge >= 0.3 is 5.97 Å². The second kappa shape index (κ2) is 4.18. The SMILES string of the molecule is CC1(C)O[C@H]([C@H]2OC(=O)[C@@H](O)[C@@H]2O)[C@@H](CO)O1. The Morgan fingerprint density at radius 1 is 1.24 bits per heavy atom. The highest BCUT2D eigenvalue weighted by Gasteiger charge is 2.54. The Labute approximate surface area is 97.9 Å². The molecule has 2 saturated heterocycles. The van der Waals surface area contributed by atoms with Crippen LogP contribution in [0, 0.1) is 0 Å². The molecule has 3 N–H and O–H groups in total. The minimum atomic E-state index is -1.58. The van der Waals surface area contributed by atoms with Crippen LogP contribution >= 0.6 is 0 Å². The van der Waals surface area contributed by atoms with Crippen LogP contribution in [-0.2, 0) is 19.0 Å². The van der Waals surface area contributed by atoms with Crippen LogP contribution in [0.15, 0.2) is 0 Å². The Kier molecular flexibility index (Phi) is 3.13. The molecule has 2 fully saturated rings. The van der Waals surface area contributed by atoms with Gasteiger partial charge < -0.3 is 29.5 Å². The summed E-state index contributed by atoms with van der Waals surface area (Å²) in [7, 11) is 0. The lowest BCUT2D eigenvalue weighted by molar-refractivity contribution is -0.167. The maximum absolute atomic E-state index is 11.1. The van der Waals surface area contributed by atoms with Gasteiger partial charge in [-0.05, 0) is 13.8 Å². The molecule has 0 aromatic rings. The quantitative estimate of drug-likeness (QED) is 0.492. The number of hydrogen-bond acceptors (Lipinski definition) is 7. The molecular weight excluding hydrogens is 232 g/mol. The Morgan fingerprint density at radius 3 is 2.35 bits per heavy atom. The third kappa shape index (κ3) is 2.16. The third-order valence-corrected chi connectivity index (χ3v) is 2.88. The third-order valence-electron chi connectivity index (χ3n) is 2.88. The number of rotatable bonds is 2. The summed E-state index contributed by atoms with van der Waals surface area (Å²) in [5, 5.41) is 28.1. The lowest BCUT2D eigenvalue weighted by Crippen LogP contribution is -2.44. The van der Waals surface area contributed by atoms with Crippen molar-refractivity contribution < 1.29 is 34.3 Å². The molecule has 0 bridgehead atoms. The van der Waals surface area contributed by atoms with Gasteiger partial charge in [0, 0.05) is 0 Å². The summed E-state index contributed by atoms with van der Waals surface area (Å²) < 4.78 is 15.7. The normalized spacial score (nSPS) is 45.0. The van der Waals surface area contributed by atoms with E-state index in [9.17, 15) is 15.0 Å². The van der Waals surface area contributed by atoms with Gasteiger partial charge in [-0.15, -0.1) is 0 Å². The Balaban J connectivity index is 2.15. The van der Waals surface area contributed by atoms with Crippen LogP contribution in [0.3, 0.4) is 0 Å². The van der Waals surface area contributed by atoms with Gasteiger partial charge in [-0.3, -0.25) is 0 Å². The van der Waals surface area contributed by atoms with Crippen LogP contribution in [0.1, 0.15) is 13.8 Å². The molecule has 5 atom stereocenters. The van der Waals surface area contributed by atoms with Crippen molar-refractivity contribution in [3.63, 3.8) is 0 Å². The van der Waals surface area contributed by atoms with Gasteiger partial charge in [0.05, 0.1) is 6.61 Å². The lowest BCUT2D eigenvalue weighted by Gasteiger charge is -2.23. The van der Waals surface area contributed by atoms with Crippen molar-refractivity contribution in [1.29, 1.82) is 0 Å². The summed E-state index contributed by atoms with van der Waals surface area (Å²) in [6.45, 7) is 2.97. The highest BCUT2D eigenvalue weighted by atomic mass is 16.8. The van der Waals surface area contributed by atoms with E-state index < -0.39 is 42.3 Å². The molecule has 2 rings (SSSR count). The van der Waals surface area contributed by atoms with Gasteiger partial charge in [0.1, 0.15) is 18.3 Å². The monoisotopic (exact) mass is 248 g/mol. The van der Waals surface area contributed by atoms with Gasteiger partial charge in [0.25, 0.3) is 0 Å². The molecule has 0 saturated carbocycles. The van der Waals surface area contributed by atoms with Gasteiger partial charge in [0.15, 0.2) is 18.0 Å². The van der Waals surface area contributed by atoms with Crippen molar-refractivity contribution in [3.05, 3.63) is 0 Å². The van der Waals surface area contributed by atoms with Gasteiger partial charge in [-0.2, -0.15) is 0 Å². The molecule has 98 valence electrons. The smallest absolute Gasteiger partial charge is 0.338 e. The molecular formula is C10H16O7. The van der Waals surface area contributed by atoms with Crippen LogP contribution in [0.4, 0.5) is 0 Å². The van der Waals surface area contributed by atoms with Gasteiger partial charge in [-0.1, -0.05) is 0 Å². The largest absolute Gasteiger partial charge is 0.455 e. The van der Waals surface area contributed by atoms with E-state index in [4.69, 9.17) is 19.3 Å². The molecule has 7 nitrogen and oxygen atoms in total. The fourth-order valence-electron chi connectivity index (χ4n) is 2.14. The highest BCUT2D eigenvalue weighted by molar-refractivity contribution is 5.77. The van der Waals surface area contributed by atoms with E-state index in [0.717, 1.165) is 0 Å². The van der Waals surface area contributed by atoms with E-state index in [1.807, 2.05) is 0 Å². The average Bonchev–Trinajstić information content (AvgIpc) is 2.70. The number of esters is 1. The molecule has 0 aromatic carbocycles. The van der Waals surface area contributed by atoms with Crippen molar-refractivity contribution in [2.45, 2.75) is 50.2 Å². The molecule has 7 heteroatoms. The van der Waals surface area contributed by atoms with Crippen molar-refractivity contribution >= 4 is 5.97 Å². The predicted molar refractivity (Wildman–Crippen MR) is 52.8 cm³/mol. The number of aliphatic hydroxyl groups excluding tert-OH is 3. The summed E-state index contributed by atoms with van der Waals surface area (Å²) in [4.78, 5) is 11.1. The first kappa shape index (κ1) is 12.7. The molecule has 2 heterocycles. The average molecular weight is 248 g/mol. The molecule has 0 unspecified atom stereocenters. The number of aliphatic hydroxyl groups is 3. The Hall–Kier alpha value is -0.730. The van der Waals surface area contributed by atoms with Crippen LogP contribution < -0.4 is 0 Å². The van der Waals surface area contributed by atoms with Crippen molar-refractivity contribution in [2.24, 2.45) is 0 Å². The predicted octanol–water partition coefficient (Wildman–Crippen LogP) is -1.85. The molecule has 2 aliphatic heterocycles. The minimum absolute atomic E-state index is 0.328. The van der Waals surface area contributed by atoms with E-state index in [-0.39, 0.29) is 6.61 Å². The fourth-order valence-corrected chi connectivity index (χ4v) is 2.14. The van der Waals surface area contributed by atoms with Crippen molar-refractivity contribution in [2.75, 3.05) is 6.61 Å². The van der Waals surface area contributed by atoms with Gasteiger partial charge in [-0.25, -0.2) is 4.79 Å². The fraction of sp³-hybridized carbons (Fsp3) is 0.900. The molecule has 0 aromatic heterocycles. The molecule has 2 aliphatic rings. The number of carbonyl (C=O) groups is 1. The zero-order chi connectivity index (χ0) is 12.8. The number of ether oxygens (including phenoxy) is 3. The van der Waals surface area contributed by atoms with E-state index >= 15 is 0 Å².